The van der Waals surface area contributed by atoms with E-state index < -0.39 is 0 Å². The standard InChI is InChI=1S/C27H30N2O2/c1-30-23-13-10-21-7-6-20(25(21)16-23)8-11-22-18-29(15-14-28-22)27-5-3-4-19-9-12-24(31-2)17-26(19)27/h3-6,9-10,12-13,16-17,22,28H,7-8,11,14-15,18H2,1-2H3. The van der Waals surface area contributed by atoms with Gasteiger partial charge in [-0.05, 0) is 71.7 Å². The van der Waals surface area contributed by atoms with Gasteiger partial charge in [0, 0.05) is 36.7 Å². The lowest BCUT2D eigenvalue weighted by molar-refractivity contribution is 0.414. The Morgan fingerprint density at radius 3 is 2.71 bits per heavy atom. The van der Waals surface area contributed by atoms with Crippen LogP contribution in [0.3, 0.4) is 0 Å². The quantitative estimate of drug-likeness (QED) is 0.612. The summed E-state index contributed by atoms with van der Waals surface area (Å²) < 4.78 is 10.9. The van der Waals surface area contributed by atoms with Crippen molar-refractivity contribution in [1.29, 1.82) is 0 Å². The molecule has 0 bridgehead atoms. The molecule has 0 saturated carbocycles. The van der Waals surface area contributed by atoms with Gasteiger partial charge < -0.3 is 19.7 Å². The summed E-state index contributed by atoms with van der Waals surface area (Å²) in [7, 11) is 3.47. The summed E-state index contributed by atoms with van der Waals surface area (Å²) in [6.07, 6.45) is 5.65. The number of rotatable bonds is 6. The van der Waals surface area contributed by atoms with Gasteiger partial charge in [-0.15, -0.1) is 0 Å². The molecule has 0 spiro atoms. The van der Waals surface area contributed by atoms with Gasteiger partial charge in [-0.1, -0.05) is 30.3 Å². The topological polar surface area (TPSA) is 33.7 Å². The predicted octanol–water partition coefficient (Wildman–Crippen LogP) is 5.06. The summed E-state index contributed by atoms with van der Waals surface area (Å²) >= 11 is 0. The van der Waals surface area contributed by atoms with E-state index in [0.29, 0.717) is 6.04 Å². The minimum atomic E-state index is 0.477. The zero-order valence-electron chi connectivity index (χ0n) is 18.4. The van der Waals surface area contributed by atoms with Crippen LogP contribution in [0.25, 0.3) is 16.3 Å². The molecule has 1 aliphatic heterocycles. The second-order valence-electron chi connectivity index (χ2n) is 8.46. The Morgan fingerprint density at radius 2 is 1.84 bits per heavy atom. The molecule has 1 unspecified atom stereocenters. The molecule has 4 heteroatoms. The van der Waals surface area contributed by atoms with Crippen molar-refractivity contribution in [3.8, 4) is 11.5 Å². The normalized spacial score (nSPS) is 18.1. The van der Waals surface area contributed by atoms with Gasteiger partial charge in [-0.3, -0.25) is 0 Å². The molecule has 2 aliphatic rings. The van der Waals surface area contributed by atoms with E-state index >= 15 is 0 Å². The van der Waals surface area contributed by atoms with Gasteiger partial charge in [0.1, 0.15) is 11.5 Å². The molecule has 1 atom stereocenters. The molecular weight excluding hydrogens is 384 g/mol. The third-order valence-corrected chi connectivity index (χ3v) is 6.66. The molecule has 1 heterocycles. The number of benzene rings is 3. The van der Waals surface area contributed by atoms with E-state index in [1.54, 1.807) is 14.2 Å². The van der Waals surface area contributed by atoms with E-state index in [1.165, 1.54) is 33.2 Å². The van der Waals surface area contributed by atoms with E-state index in [-0.39, 0.29) is 0 Å². The number of nitrogens with one attached hydrogen (secondary N) is 1. The van der Waals surface area contributed by atoms with Crippen molar-refractivity contribution in [2.75, 3.05) is 38.8 Å². The maximum atomic E-state index is 5.48. The van der Waals surface area contributed by atoms with Crippen LogP contribution < -0.4 is 19.7 Å². The summed E-state index contributed by atoms with van der Waals surface area (Å²) in [4.78, 5) is 2.53. The highest BCUT2D eigenvalue weighted by Crippen LogP contribution is 2.35. The number of anilines is 1. The van der Waals surface area contributed by atoms with Crippen LogP contribution in [-0.4, -0.2) is 39.9 Å². The Hall–Kier alpha value is -2.98. The molecular formula is C27H30N2O2. The zero-order chi connectivity index (χ0) is 21.2. The van der Waals surface area contributed by atoms with Crippen LogP contribution in [0.5, 0.6) is 11.5 Å². The van der Waals surface area contributed by atoms with Gasteiger partial charge in [0.2, 0.25) is 0 Å². The van der Waals surface area contributed by atoms with Crippen molar-refractivity contribution in [2.24, 2.45) is 0 Å². The Morgan fingerprint density at radius 1 is 1.00 bits per heavy atom. The smallest absolute Gasteiger partial charge is 0.119 e. The third-order valence-electron chi connectivity index (χ3n) is 6.66. The molecule has 1 saturated heterocycles. The Kier molecular flexibility index (Phi) is 5.56. The molecule has 160 valence electrons. The molecule has 3 aromatic rings. The zero-order valence-corrected chi connectivity index (χ0v) is 18.4. The predicted molar refractivity (Wildman–Crippen MR) is 128 cm³/mol. The number of methoxy groups -OCH3 is 2. The monoisotopic (exact) mass is 414 g/mol. The maximum absolute atomic E-state index is 5.48. The fraction of sp³-hybridized carbons (Fsp3) is 0.333. The maximum Gasteiger partial charge on any atom is 0.119 e. The van der Waals surface area contributed by atoms with Gasteiger partial charge >= 0.3 is 0 Å². The second-order valence-corrected chi connectivity index (χ2v) is 8.46. The van der Waals surface area contributed by atoms with Crippen molar-refractivity contribution in [2.45, 2.75) is 25.3 Å². The lowest BCUT2D eigenvalue weighted by atomic mass is 9.98. The number of allylic oxidation sites excluding steroid dienone is 2. The first-order valence-electron chi connectivity index (χ1n) is 11.2. The number of nitrogens with zero attached hydrogens (tertiary/aromatic N) is 1. The van der Waals surface area contributed by atoms with Crippen LogP contribution in [0.15, 0.2) is 60.7 Å². The fourth-order valence-corrected chi connectivity index (χ4v) is 4.94. The molecule has 0 amide bonds. The van der Waals surface area contributed by atoms with Crippen LogP contribution in [0.4, 0.5) is 5.69 Å². The number of hydrogen-bond donors (Lipinski definition) is 1. The van der Waals surface area contributed by atoms with Crippen molar-refractivity contribution in [3.63, 3.8) is 0 Å². The number of ether oxygens (including phenoxy) is 2. The van der Waals surface area contributed by atoms with Crippen LogP contribution in [0, 0.1) is 0 Å². The Bertz CT molecular complexity index is 1120. The molecule has 0 aromatic heterocycles. The first-order valence-corrected chi connectivity index (χ1v) is 11.2. The van der Waals surface area contributed by atoms with Gasteiger partial charge in [0.25, 0.3) is 0 Å². The minimum Gasteiger partial charge on any atom is -0.497 e. The molecule has 5 rings (SSSR count). The van der Waals surface area contributed by atoms with Crippen molar-refractivity contribution >= 4 is 22.0 Å². The first kappa shape index (κ1) is 20.0. The number of piperazine rings is 1. The highest BCUT2D eigenvalue weighted by atomic mass is 16.5. The SMILES string of the molecule is COc1ccc2c(c1)C(CCC1CN(c3cccc4ccc(OC)cc34)CCN1)=CC2. The van der Waals surface area contributed by atoms with E-state index in [2.05, 4.69) is 64.8 Å². The average Bonchev–Trinajstić information content (AvgIpc) is 3.24. The molecule has 1 fully saturated rings. The highest BCUT2D eigenvalue weighted by molar-refractivity contribution is 5.95. The highest BCUT2D eigenvalue weighted by Gasteiger charge is 2.22. The summed E-state index contributed by atoms with van der Waals surface area (Å²) in [5, 5.41) is 6.27. The summed E-state index contributed by atoms with van der Waals surface area (Å²) in [6, 6.07) is 19.9. The molecule has 0 radical (unpaired) electrons. The minimum absolute atomic E-state index is 0.477. The van der Waals surface area contributed by atoms with E-state index in [4.69, 9.17) is 9.47 Å². The third kappa shape index (κ3) is 4.00. The van der Waals surface area contributed by atoms with Crippen LogP contribution in [-0.2, 0) is 6.42 Å². The van der Waals surface area contributed by atoms with Gasteiger partial charge in [0.15, 0.2) is 0 Å². The van der Waals surface area contributed by atoms with Crippen molar-refractivity contribution in [3.05, 3.63) is 71.8 Å². The molecule has 4 nitrogen and oxygen atoms in total. The molecule has 1 N–H and O–H groups in total. The van der Waals surface area contributed by atoms with Gasteiger partial charge in [-0.2, -0.15) is 0 Å². The van der Waals surface area contributed by atoms with Gasteiger partial charge in [0.05, 0.1) is 14.2 Å². The number of fused-ring (bicyclic) bond motifs is 2. The van der Waals surface area contributed by atoms with Crippen molar-refractivity contribution < 1.29 is 9.47 Å². The molecule has 1 aliphatic carbocycles. The van der Waals surface area contributed by atoms with Crippen LogP contribution in [0.1, 0.15) is 24.0 Å². The lowest BCUT2D eigenvalue weighted by Crippen LogP contribution is -2.50. The van der Waals surface area contributed by atoms with Crippen LogP contribution in [0.2, 0.25) is 0 Å². The summed E-state index contributed by atoms with van der Waals surface area (Å²) in [5.41, 5.74) is 5.55. The van der Waals surface area contributed by atoms with E-state index in [9.17, 15) is 0 Å². The molecule has 3 aromatic carbocycles. The second kappa shape index (κ2) is 8.64. The van der Waals surface area contributed by atoms with E-state index in [0.717, 1.165) is 50.4 Å². The van der Waals surface area contributed by atoms with Crippen molar-refractivity contribution in [1.82, 2.24) is 5.32 Å². The summed E-state index contributed by atoms with van der Waals surface area (Å²) in [5.74, 6) is 1.86. The first-order chi connectivity index (χ1) is 15.2. The largest absolute Gasteiger partial charge is 0.497 e. The lowest BCUT2D eigenvalue weighted by Gasteiger charge is -2.36. The van der Waals surface area contributed by atoms with Crippen LogP contribution >= 0.6 is 0 Å². The van der Waals surface area contributed by atoms with Gasteiger partial charge in [-0.25, -0.2) is 0 Å². The summed E-state index contributed by atoms with van der Waals surface area (Å²) in [6.45, 7) is 3.05. The number of hydrogen-bond acceptors (Lipinski definition) is 4. The average molecular weight is 415 g/mol. The Labute approximate surface area is 184 Å². The fourth-order valence-electron chi connectivity index (χ4n) is 4.94. The molecule has 31 heavy (non-hydrogen) atoms. The van der Waals surface area contributed by atoms with E-state index in [1.807, 2.05) is 6.07 Å². The Balaban J connectivity index is 1.30.